The molecule has 1 aliphatic heterocycles. The van der Waals surface area contributed by atoms with Crippen LogP contribution >= 0.6 is 0 Å². The average molecular weight is 391 g/mol. The summed E-state index contributed by atoms with van der Waals surface area (Å²) in [7, 11) is 0. The van der Waals surface area contributed by atoms with E-state index in [1.54, 1.807) is 0 Å². The summed E-state index contributed by atoms with van der Waals surface area (Å²) >= 11 is 0. The van der Waals surface area contributed by atoms with Gasteiger partial charge in [-0.25, -0.2) is 0 Å². The maximum absolute atomic E-state index is 2.59. The highest BCUT2D eigenvalue weighted by atomic mass is 15.3. The minimum Gasteiger partial charge on any atom is -0.128 e. The summed E-state index contributed by atoms with van der Waals surface area (Å²) in [6.45, 7) is 20.4. The molecule has 0 N–H and O–H groups in total. The molecule has 0 radical (unpaired) electrons. The largest absolute Gasteiger partial charge is 0.351 e. The highest BCUT2D eigenvalue weighted by Gasteiger charge is 2.45. The first-order valence-corrected chi connectivity index (χ1v) is 11.2. The maximum Gasteiger partial charge on any atom is 0.351 e. The molecule has 0 amide bonds. The number of nitrogens with zero attached hydrogens (tertiary/aromatic N) is 2. The Bertz CT molecular complexity index is 973. The van der Waals surface area contributed by atoms with Crippen LogP contribution in [0.5, 0.6) is 0 Å². The first-order chi connectivity index (χ1) is 13.7. The third-order valence-electron chi connectivity index (χ3n) is 6.61. The van der Waals surface area contributed by atoms with Gasteiger partial charge in [-0.1, -0.05) is 26.3 Å². The number of hydrogen-bond donors (Lipinski definition) is 0. The molecule has 2 aromatic rings. The molecule has 29 heavy (non-hydrogen) atoms. The molecule has 0 bridgehead atoms. The van der Waals surface area contributed by atoms with Gasteiger partial charge in [0.2, 0.25) is 11.4 Å². The number of benzene rings is 2. The van der Waals surface area contributed by atoms with Gasteiger partial charge in [0.05, 0.1) is 6.92 Å². The zero-order valence-corrected chi connectivity index (χ0v) is 19.9. The van der Waals surface area contributed by atoms with Crippen molar-refractivity contribution in [2.24, 2.45) is 0 Å². The Labute approximate surface area is 177 Å². The van der Waals surface area contributed by atoms with Crippen LogP contribution in [0.15, 0.2) is 24.3 Å². The van der Waals surface area contributed by atoms with Gasteiger partial charge in [-0.05, 0) is 69.9 Å². The van der Waals surface area contributed by atoms with E-state index >= 15 is 0 Å². The summed E-state index contributed by atoms with van der Waals surface area (Å²) < 4.78 is 5.14. The molecule has 0 fully saturated rings. The number of aryl methyl sites for hydroxylation is 6. The van der Waals surface area contributed by atoms with Crippen LogP contribution in [0.1, 0.15) is 74.9 Å². The van der Waals surface area contributed by atoms with E-state index in [-0.39, 0.29) is 6.17 Å². The predicted octanol–water partition coefficient (Wildman–Crippen LogP) is 6.57. The first-order valence-electron chi connectivity index (χ1n) is 11.2. The molecule has 0 spiro atoms. The van der Waals surface area contributed by atoms with Crippen LogP contribution in [0.3, 0.4) is 0 Å². The van der Waals surface area contributed by atoms with Gasteiger partial charge < -0.3 is 0 Å². The normalized spacial score (nSPS) is 16.9. The monoisotopic (exact) mass is 390 g/mol. The number of hydrogen-bond acceptors (Lipinski definition) is 0. The average Bonchev–Trinajstić information content (AvgIpc) is 2.89. The fraction of sp³-hybridized carbons (Fsp3) is 0.481. The quantitative estimate of drug-likeness (QED) is 0.509. The second kappa shape index (κ2) is 8.26. The van der Waals surface area contributed by atoms with E-state index in [2.05, 4.69) is 95.7 Å². The first kappa shape index (κ1) is 21.5. The lowest BCUT2D eigenvalue weighted by Crippen LogP contribution is -2.27. The minimum absolute atomic E-state index is 0.262. The van der Waals surface area contributed by atoms with E-state index in [0.29, 0.717) is 0 Å². The van der Waals surface area contributed by atoms with E-state index in [1.807, 2.05) is 0 Å². The molecule has 2 heteroatoms. The third-order valence-corrected chi connectivity index (χ3v) is 6.61. The van der Waals surface area contributed by atoms with Crippen LogP contribution in [0.2, 0.25) is 0 Å². The Morgan fingerprint density at radius 3 is 1.52 bits per heavy atom. The maximum atomic E-state index is 2.59. The summed E-state index contributed by atoms with van der Waals surface area (Å²) in [4.78, 5) is 0. The zero-order chi connectivity index (χ0) is 21.5. The summed E-state index contributed by atoms with van der Waals surface area (Å²) in [5.41, 5.74) is 14.0. The fourth-order valence-electron chi connectivity index (χ4n) is 5.17. The summed E-state index contributed by atoms with van der Waals surface area (Å²) in [6, 6.07) is 9.47. The van der Waals surface area contributed by atoms with Crippen LogP contribution in [-0.2, 0) is 19.3 Å². The number of rotatable bonds is 5. The lowest BCUT2D eigenvalue weighted by atomic mass is 9.97. The zero-order valence-electron chi connectivity index (χ0n) is 19.9. The Morgan fingerprint density at radius 1 is 0.655 bits per heavy atom. The van der Waals surface area contributed by atoms with Gasteiger partial charge in [0.25, 0.3) is 11.4 Å². The van der Waals surface area contributed by atoms with Crippen LogP contribution in [-0.4, -0.2) is 26.7 Å². The summed E-state index contributed by atoms with van der Waals surface area (Å²) in [6.07, 6.45) is 3.48. The van der Waals surface area contributed by atoms with Crippen molar-refractivity contribution in [2.75, 3.05) is 0 Å². The molecule has 1 unspecified atom stereocenters. The second-order valence-electron chi connectivity index (χ2n) is 8.61. The van der Waals surface area contributed by atoms with Crippen LogP contribution in [0.25, 0.3) is 0 Å². The second-order valence-corrected chi connectivity index (χ2v) is 8.61. The van der Waals surface area contributed by atoms with Gasteiger partial charge in [0, 0.05) is 36.1 Å². The molecule has 1 heterocycles. The molecule has 0 saturated heterocycles. The van der Waals surface area contributed by atoms with Crippen molar-refractivity contribution in [1.29, 1.82) is 0 Å². The van der Waals surface area contributed by atoms with Gasteiger partial charge >= 0.3 is 6.17 Å². The smallest absolute Gasteiger partial charge is 0.128 e. The Balaban J connectivity index is 2.22. The van der Waals surface area contributed by atoms with Crippen LogP contribution < -0.4 is 0 Å². The molecule has 0 aromatic heterocycles. The minimum atomic E-state index is 0.262. The lowest BCUT2D eigenvalue weighted by Gasteiger charge is -2.15. The molecule has 2 nitrogen and oxygen atoms in total. The topological polar surface area (TPSA) is 6.02 Å². The van der Waals surface area contributed by atoms with Crippen molar-refractivity contribution in [2.45, 2.75) is 87.7 Å². The van der Waals surface area contributed by atoms with Crippen molar-refractivity contribution in [3.63, 3.8) is 0 Å². The highest BCUT2D eigenvalue weighted by Crippen LogP contribution is 2.35. The molecular formula is C27H38N2+2. The molecule has 154 valence electrons. The van der Waals surface area contributed by atoms with Crippen molar-refractivity contribution in [3.05, 3.63) is 57.6 Å². The van der Waals surface area contributed by atoms with Crippen LogP contribution in [0.4, 0.5) is 11.4 Å². The molecule has 2 aromatic carbocycles. The lowest BCUT2D eigenvalue weighted by molar-refractivity contribution is -0.688. The molecule has 3 rings (SSSR count). The molecule has 1 aliphatic rings. The third kappa shape index (κ3) is 3.58. The van der Waals surface area contributed by atoms with E-state index in [4.69, 9.17) is 0 Å². The van der Waals surface area contributed by atoms with Gasteiger partial charge in [-0.15, -0.1) is 9.15 Å². The fourth-order valence-corrected chi connectivity index (χ4v) is 5.17. The van der Waals surface area contributed by atoms with Crippen LogP contribution in [0, 0.1) is 20.8 Å². The SMILES string of the molecule is CCc1cc(CC)c([N+]2=C(C)C(C)=[N+](c3c(C)cc(C)cc3C)C2C)c(CC)c1. The van der Waals surface area contributed by atoms with Gasteiger partial charge in [0.1, 0.15) is 0 Å². The van der Waals surface area contributed by atoms with E-state index < -0.39 is 0 Å². The molecular weight excluding hydrogens is 352 g/mol. The van der Waals surface area contributed by atoms with Gasteiger partial charge in [0.15, 0.2) is 0 Å². The van der Waals surface area contributed by atoms with Crippen molar-refractivity contribution >= 4 is 22.8 Å². The highest BCUT2D eigenvalue weighted by molar-refractivity contribution is 6.37. The Hall–Kier alpha value is -2.22. The molecule has 0 saturated carbocycles. The Morgan fingerprint density at radius 2 is 1.10 bits per heavy atom. The summed E-state index contributed by atoms with van der Waals surface area (Å²) in [5.74, 6) is 0. The van der Waals surface area contributed by atoms with Crippen molar-refractivity contribution in [3.8, 4) is 0 Å². The summed E-state index contributed by atoms with van der Waals surface area (Å²) in [5, 5.41) is 0. The van der Waals surface area contributed by atoms with E-state index in [0.717, 1.165) is 19.3 Å². The van der Waals surface area contributed by atoms with Crippen molar-refractivity contribution < 1.29 is 9.15 Å². The standard InChI is InChI=1S/C27H38N2/c1-10-23-15-24(11-2)27(25(12-3)16-23)29-21(8)20(7)28(22(29)9)26-18(5)13-17(4)14-19(26)6/h13-16,22H,10-12H2,1-9H3/q+2. The molecule has 0 aliphatic carbocycles. The van der Waals surface area contributed by atoms with Gasteiger partial charge in [-0.3, -0.25) is 0 Å². The van der Waals surface area contributed by atoms with E-state index in [1.165, 1.54) is 56.2 Å². The molecule has 1 atom stereocenters. The predicted molar refractivity (Wildman–Crippen MR) is 126 cm³/mol. The van der Waals surface area contributed by atoms with Gasteiger partial charge in [-0.2, -0.15) is 0 Å². The van der Waals surface area contributed by atoms with E-state index in [9.17, 15) is 0 Å². The Kier molecular flexibility index (Phi) is 6.12. The van der Waals surface area contributed by atoms with Crippen molar-refractivity contribution in [1.82, 2.24) is 0 Å².